The van der Waals surface area contributed by atoms with Crippen molar-refractivity contribution in [2.45, 2.75) is 38.3 Å². The van der Waals surface area contributed by atoms with E-state index in [4.69, 9.17) is 14.7 Å². The van der Waals surface area contributed by atoms with Gasteiger partial charge in [-0.25, -0.2) is 0 Å². The molecule has 0 aliphatic heterocycles. The lowest BCUT2D eigenvalue weighted by Crippen LogP contribution is -2.34. The summed E-state index contributed by atoms with van der Waals surface area (Å²) in [6.45, 7) is -0.195. The lowest BCUT2D eigenvalue weighted by Gasteiger charge is -2.21. The SMILES string of the molecule is [O-][N+](=Cc1ccc(CO)o1)C1CCCCC1=NO. The predicted octanol–water partition coefficient (Wildman–Crippen LogP) is 1.47. The first kappa shape index (κ1) is 12.6. The quantitative estimate of drug-likeness (QED) is 0.280. The highest BCUT2D eigenvalue weighted by atomic mass is 16.5. The fraction of sp³-hybridized carbons (Fsp3) is 0.500. The van der Waals surface area contributed by atoms with Crippen LogP contribution in [0.3, 0.4) is 0 Å². The molecular weight excluding hydrogens is 236 g/mol. The van der Waals surface area contributed by atoms with Crippen molar-refractivity contribution in [3.63, 3.8) is 0 Å². The lowest BCUT2D eigenvalue weighted by atomic mass is 9.93. The molecule has 2 N–H and O–H groups in total. The molecule has 1 aromatic rings. The van der Waals surface area contributed by atoms with Crippen molar-refractivity contribution in [2.75, 3.05) is 0 Å². The molecule has 1 aliphatic carbocycles. The Labute approximate surface area is 104 Å². The van der Waals surface area contributed by atoms with Crippen molar-refractivity contribution in [3.05, 3.63) is 28.9 Å². The van der Waals surface area contributed by atoms with Gasteiger partial charge in [0.15, 0.2) is 5.76 Å². The molecule has 0 amide bonds. The summed E-state index contributed by atoms with van der Waals surface area (Å²) in [5.41, 5.74) is 0.515. The number of oxime groups is 1. The molecule has 98 valence electrons. The summed E-state index contributed by atoms with van der Waals surface area (Å²) >= 11 is 0. The first-order chi connectivity index (χ1) is 8.74. The molecule has 1 unspecified atom stereocenters. The zero-order valence-electron chi connectivity index (χ0n) is 9.95. The summed E-state index contributed by atoms with van der Waals surface area (Å²) in [4.78, 5) is 0. The zero-order chi connectivity index (χ0) is 13.0. The largest absolute Gasteiger partial charge is 0.623 e. The van der Waals surface area contributed by atoms with Crippen LogP contribution >= 0.6 is 0 Å². The summed E-state index contributed by atoms with van der Waals surface area (Å²) in [5.74, 6) is 0.797. The van der Waals surface area contributed by atoms with Gasteiger partial charge in [-0.1, -0.05) is 5.16 Å². The molecule has 18 heavy (non-hydrogen) atoms. The zero-order valence-corrected chi connectivity index (χ0v) is 9.95. The van der Waals surface area contributed by atoms with E-state index in [1.54, 1.807) is 12.1 Å². The molecule has 1 heterocycles. The summed E-state index contributed by atoms with van der Waals surface area (Å²) in [6, 6.07) is 2.81. The maximum absolute atomic E-state index is 12.0. The van der Waals surface area contributed by atoms with E-state index >= 15 is 0 Å². The standard InChI is InChI=1S/C12H16N2O4/c15-8-10-6-5-9(18-10)7-14(17)12-4-2-1-3-11(12)13-16/h5-7,12,15-16H,1-4,8H2. The summed E-state index contributed by atoms with van der Waals surface area (Å²) in [5, 5.41) is 32.9. The molecule has 1 saturated carbocycles. The van der Waals surface area contributed by atoms with Crippen molar-refractivity contribution in [2.24, 2.45) is 5.16 Å². The molecule has 1 aromatic heterocycles. The van der Waals surface area contributed by atoms with Gasteiger partial charge in [0, 0.05) is 6.42 Å². The van der Waals surface area contributed by atoms with Crippen LogP contribution in [0.25, 0.3) is 0 Å². The van der Waals surface area contributed by atoms with E-state index in [0.717, 1.165) is 17.6 Å². The minimum Gasteiger partial charge on any atom is -0.623 e. The Morgan fingerprint density at radius 2 is 2.33 bits per heavy atom. The smallest absolute Gasteiger partial charge is 0.218 e. The van der Waals surface area contributed by atoms with Crippen LogP contribution in [-0.2, 0) is 6.61 Å². The Morgan fingerprint density at radius 1 is 1.50 bits per heavy atom. The Bertz CT molecular complexity index is 464. The number of hydrogen-bond acceptors (Lipinski definition) is 5. The molecule has 0 spiro atoms. The second-order valence-electron chi connectivity index (χ2n) is 4.30. The van der Waals surface area contributed by atoms with Gasteiger partial charge in [-0.05, 0) is 31.4 Å². The Kier molecular flexibility index (Phi) is 3.99. The Balaban J connectivity index is 2.16. The molecule has 1 atom stereocenters. The second-order valence-corrected chi connectivity index (χ2v) is 4.30. The average Bonchev–Trinajstić information content (AvgIpc) is 2.86. The van der Waals surface area contributed by atoms with E-state index in [-0.39, 0.29) is 6.61 Å². The third-order valence-corrected chi connectivity index (χ3v) is 3.07. The van der Waals surface area contributed by atoms with Crippen LogP contribution in [-0.4, -0.2) is 33.0 Å². The number of aliphatic hydroxyl groups is 1. The molecule has 6 heteroatoms. The van der Waals surface area contributed by atoms with Crippen molar-refractivity contribution in [1.29, 1.82) is 0 Å². The highest BCUT2D eigenvalue weighted by molar-refractivity contribution is 5.89. The van der Waals surface area contributed by atoms with Gasteiger partial charge in [0.2, 0.25) is 12.3 Å². The molecule has 6 nitrogen and oxygen atoms in total. The van der Waals surface area contributed by atoms with Crippen molar-refractivity contribution < 1.29 is 19.5 Å². The minimum absolute atomic E-state index is 0.195. The van der Waals surface area contributed by atoms with E-state index in [2.05, 4.69) is 5.16 Å². The van der Waals surface area contributed by atoms with E-state index in [9.17, 15) is 5.21 Å². The predicted molar refractivity (Wildman–Crippen MR) is 64.9 cm³/mol. The number of rotatable bonds is 3. The first-order valence-corrected chi connectivity index (χ1v) is 5.95. The van der Waals surface area contributed by atoms with Crippen LogP contribution in [0.1, 0.15) is 37.2 Å². The maximum Gasteiger partial charge on any atom is 0.218 e. The van der Waals surface area contributed by atoms with Crippen LogP contribution in [0.5, 0.6) is 0 Å². The van der Waals surface area contributed by atoms with E-state index in [1.165, 1.54) is 6.21 Å². The van der Waals surface area contributed by atoms with Crippen molar-refractivity contribution in [3.8, 4) is 0 Å². The third kappa shape index (κ3) is 2.70. The summed E-state index contributed by atoms with van der Waals surface area (Å²) < 4.78 is 5.97. The molecule has 0 aromatic carbocycles. The monoisotopic (exact) mass is 252 g/mol. The number of hydrogen-bond donors (Lipinski definition) is 2. The number of furan rings is 1. The minimum atomic E-state index is -0.425. The highest BCUT2D eigenvalue weighted by Crippen LogP contribution is 2.18. The van der Waals surface area contributed by atoms with Gasteiger partial charge in [0.1, 0.15) is 18.1 Å². The fourth-order valence-corrected chi connectivity index (χ4v) is 2.13. The molecule has 0 radical (unpaired) electrons. The van der Waals surface area contributed by atoms with Crippen LogP contribution in [0, 0.1) is 5.21 Å². The maximum atomic E-state index is 12.0. The third-order valence-electron chi connectivity index (χ3n) is 3.07. The van der Waals surface area contributed by atoms with Crippen LogP contribution in [0.15, 0.2) is 21.7 Å². The van der Waals surface area contributed by atoms with Gasteiger partial charge in [-0.15, -0.1) is 0 Å². The van der Waals surface area contributed by atoms with Crippen molar-refractivity contribution >= 4 is 11.9 Å². The van der Waals surface area contributed by atoms with Gasteiger partial charge < -0.3 is 19.9 Å². The number of aliphatic hydroxyl groups excluding tert-OH is 1. The molecule has 1 fully saturated rings. The van der Waals surface area contributed by atoms with Gasteiger partial charge >= 0.3 is 0 Å². The molecular formula is C12H16N2O4. The van der Waals surface area contributed by atoms with Crippen LogP contribution in [0.4, 0.5) is 0 Å². The molecule has 0 saturated heterocycles. The van der Waals surface area contributed by atoms with E-state index < -0.39 is 6.04 Å². The first-order valence-electron chi connectivity index (χ1n) is 5.95. The summed E-state index contributed by atoms with van der Waals surface area (Å²) in [7, 11) is 0. The summed E-state index contributed by atoms with van der Waals surface area (Å²) in [6.07, 6.45) is 4.52. The lowest BCUT2D eigenvalue weighted by molar-refractivity contribution is -0.478. The van der Waals surface area contributed by atoms with Crippen LogP contribution in [0.2, 0.25) is 0 Å². The molecule has 1 aliphatic rings. The normalized spacial score (nSPS) is 23.5. The number of hydroxylamine groups is 1. The Hall–Kier alpha value is -1.82. The second kappa shape index (κ2) is 5.68. The van der Waals surface area contributed by atoms with E-state index in [1.807, 2.05) is 0 Å². The van der Waals surface area contributed by atoms with Crippen LogP contribution < -0.4 is 0 Å². The van der Waals surface area contributed by atoms with E-state index in [0.29, 0.717) is 30.1 Å². The highest BCUT2D eigenvalue weighted by Gasteiger charge is 2.27. The van der Waals surface area contributed by atoms with Gasteiger partial charge in [-0.2, -0.15) is 4.74 Å². The molecule has 0 bridgehead atoms. The van der Waals surface area contributed by atoms with Gasteiger partial charge in [0.25, 0.3) is 0 Å². The van der Waals surface area contributed by atoms with Gasteiger partial charge in [-0.3, -0.25) is 0 Å². The van der Waals surface area contributed by atoms with Crippen molar-refractivity contribution in [1.82, 2.24) is 0 Å². The average molecular weight is 252 g/mol. The topological polar surface area (TPSA) is 92.0 Å². The fourth-order valence-electron chi connectivity index (χ4n) is 2.13. The van der Waals surface area contributed by atoms with Gasteiger partial charge in [0.05, 0.1) is 0 Å². The Morgan fingerprint density at radius 3 is 3.00 bits per heavy atom. The number of nitrogens with zero attached hydrogens (tertiary/aromatic N) is 2. The molecule has 2 rings (SSSR count).